The van der Waals surface area contributed by atoms with Crippen molar-refractivity contribution in [2.75, 3.05) is 33.0 Å². The van der Waals surface area contributed by atoms with Gasteiger partial charge in [-0.2, -0.15) is 0 Å². The van der Waals surface area contributed by atoms with Crippen molar-refractivity contribution in [3.8, 4) is 0 Å². The van der Waals surface area contributed by atoms with Crippen LogP contribution in [0.2, 0.25) is 0 Å². The first-order valence-corrected chi connectivity index (χ1v) is 7.75. The van der Waals surface area contributed by atoms with Gasteiger partial charge in [0.2, 0.25) is 0 Å². The summed E-state index contributed by atoms with van der Waals surface area (Å²) in [6, 6.07) is 0.630. The Hall–Kier alpha value is -0.120. The molecule has 108 valence electrons. The Kier molecular flexibility index (Phi) is 9.54. The second-order valence-electron chi connectivity index (χ2n) is 5.34. The standard InChI is InChI=1S/C15H31NO2/c1-3-8-16-15(7-12-17-9-4-2)13-14-5-10-18-11-6-14/h14-16H,3-13H2,1-2H3. The van der Waals surface area contributed by atoms with Crippen LogP contribution in [-0.2, 0) is 9.47 Å². The van der Waals surface area contributed by atoms with Gasteiger partial charge in [-0.1, -0.05) is 13.8 Å². The second kappa shape index (κ2) is 10.8. The van der Waals surface area contributed by atoms with Gasteiger partial charge in [0, 0.05) is 32.5 Å². The highest BCUT2D eigenvalue weighted by atomic mass is 16.5. The fourth-order valence-electron chi connectivity index (χ4n) is 2.51. The molecule has 0 aromatic carbocycles. The Morgan fingerprint density at radius 3 is 2.61 bits per heavy atom. The fraction of sp³-hybridized carbons (Fsp3) is 1.00. The fourth-order valence-corrected chi connectivity index (χ4v) is 2.51. The Morgan fingerprint density at radius 2 is 1.94 bits per heavy atom. The lowest BCUT2D eigenvalue weighted by atomic mass is 9.91. The average Bonchev–Trinajstić information content (AvgIpc) is 2.41. The number of hydrogen-bond donors (Lipinski definition) is 1. The number of rotatable bonds is 10. The summed E-state index contributed by atoms with van der Waals surface area (Å²) in [5.41, 5.74) is 0. The molecule has 0 aliphatic carbocycles. The summed E-state index contributed by atoms with van der Waals surface area (Å²) in [7, 11) is 0. The zero-order chi connectivity index (χ0) is 13.1. The van der Waals surface area contributed by atoms with Gasteiger partial charge in [0.1, 0.15) is 0 Å². The molecule has 1 unspecified atom stereocenters. The highest BCUT2D eigenvalue weighted by Gasteiger charge is 2.18. The summed E-state index contributed by atoms with van der Waals surface area (Å²) in [4.78, 5) is 0. The van der Waals surface area contributed by atoms with E-state index in [1.54, 1.807) is 0 Å². The minimum Gasteiger partial charge on any atom is -0.381 e. The molecule has 0 bridgehead atoms. The molecule has 1 rings (SSSR count). The predicted molar refractivity (Wildman–Crippen MR) is 76.0 cm³/mol. The van der Waals surface area contributed by atoms with Crippen LogP contribution in [0.15, 0.2) is 0 Å². The summed E-state index contributed by atoms with van der Waals surface area (Å²) >= 11 is 0. The highest BCUT2D eigenvalue weighted by molar-refractivity contribution is 4.74. The van der Waals surface area contributed by atoms with Crippen LogP contribution in [0.1, 0.15) is 52.4 Å². The van der Waals surface area contributed by atoms with Crippen molar-refractivity contribution in [2.24, 2.45) is 5.92 Å². The van der Waals surface area contributed by atoms with E-state index in [1.165, 1.54) is 25.7 Å². The van der Waals surface area contributed by atoms with E-state index >= 15 is 0 Å². The molecule has 1 heterocycles. The van der Waals surface area contributed by atoms with Gasteiger partial charge in [0.15, 0.2) is 0 Å². The lowest BCUT2D eigenvalue weighted by Gasteiger charge is -2.27. The first-order valence-electron chi connectivity index (χ1n) is 7.75. The maximum absolute atomic E-state index is 5.62. The van der Waals surface area contributed by atoms with E-state index < -0.39 is 0 Å². The molecular formula is C15H31NO2. The maximum atomic E-state index is 5.62. The molecule has 1 saturated heterocycles. The Morgan fingerprint density at radius 1 is 1.17 bits per heavy atom. The number of nitrogens with one attached hydrogen (secondary N) is 1. The zero-order valence-corrected chi connectivity index (χ0v) is 12.2. The normalized spacial score (nSPS) is 19.0. The Bertz CT molecular complexity index is 181. The van der Waals surface area contributed by atoms with Crippen LogP contribution < -0.4 is 5.32 Å². The monoisotopic (exact) mass is 257 g/mol. The van der Waals surface area contributed by atoms with Gasteiger partial charge in [-0.25, -0.2) is 0 Å². The van der Waals surface area contributed by atoms with E-state index in [1.807, 2.05) is 0 Å². The van der Waals surface area contributed by atoms with Crippen LogP contribution in [0.3, 0.4) is 0 Å². The number of ether oxygens (including phenoxy) is 2. The first kappa shape index (κ1) is 15.9. The molecular weight excluding hydrogens is 226 g/mol. The molecule has 3 heteroatoms. The largest absolute Gasteiger partial charge is 0.381 e. The minimum atomic E-state index is 0.630. The quantitative estimate of drug-likeness (QED) is 0.610. The van der Waals surface area contributed by atoms with Crippen molar-refractivity contribution in [1.29, 1.82) is 0 Å². The molecule has 1 aliphatic heterocycles. The summed E-state index contributed by atoms with van der Waals surface area (Å²) in [5, 5.41) is 3.67. The van der Waals surface area contributed by atoms with Crippen molar-refractivity contribution in [3.05, 3.63) is 0 Å². The molecule has 18 heavy (non-hydrogen) atoms. The van der Waals surface area contributed by atoms with Gasteiger partial charge < -0.3 is 14.8 Å². The van der Waals surface area contributed by atoms with Crippen LogP contribution in [0.5, 0.6) is 0 Å². The molecule has 0 aromatic heterocycles. The second-order valence-corrected chi connectivity index (χ2v) is 5.34. The van der Waals surface area contributed by atoms with Crippen LogP contribution >= 0.6 is 0 Å². The smallest absolute Gasteiger partial charge is 0.0480 e. The molecule has 0 aromatic rings. The van der Waals surface area contributed by atoms with Crippen molar-refractivity contribution in [2.45, 2.75) is 58.4 Å². The third-order valence-corrected chi connectivity index (χ3v) is 3.60. The summed E-state index contributed by atoms with van der Waals surface area (Å²) in [6.07, 6.45) is 7.24. The van der Waals surface area contributed by atoms with Crippen LogP contribution in [0.25, 0.3) is 0 Å². The van der Waals surface area contributed by atoms with E-state index in [2.05, 4.69) is 19.2 Å². The highest BCUT2D eigenvalue weighted by Crippen LogP contribution is 2.21. The average molecular weight is 257 g/mol. The molecule has 0 radical (unpaired) electrons. The summed E-state index contributed by atoms with van der Waals surface area (Å²) in [5.74, 6) is 0.847. The minimum absolute atomic E-state index is 0.630. The van der Waals surface area contributed by atoms with Crippen molar-refractivity contribution >= 4 is 0 Å². The molecule has 0 amide bonds. The Balaban J connectivity index is 2.20. The molecule has 1 aliphatic rings. The molecule has 1 N–H and O–H groups in total. The lowest BCUT2D eigenvalue weighted by Crippen LogP contribution is -2.34. The lowest BCUT2D eigenvalue weighted by molar-refractivity contribution is 0.0576. The molecule has 0 saturated carbocycles. The van der Waals surface area contributed by atoms with Gasteiger partial charge in [0.25, 0.3) is 0 Å². The third-order valence-electron chi connectivity index (χ3n) is 3.60. The molecule has 0 spiro atoms. The van der Waals surface area contributed by atoms with Crippen LogP contribution in [0.4, 0.5) is 0 Å². The summed E-state index contributed by atoms with van der Waals surface area (Å²) < 4.78 is 11.0. The van der Waals surface area contributed by atoms with Crippen molar-refractivity contribution < 1.29 is 9.47 Å². The zero-order valence-electron chi connectivity index (χ0n) is 12.2. The van der Waals surface area contributed by atoms with Crippen LogP contribution in [-0.4, -0.2) is 39.0 Å². The van der Waals surface area contributed by atoms with E-state index in [-0.39, 0.29) is 0 Å². The first-order chi connectivity index (χ1) is 8.86. The predicted octanol–water partition coefficient (Wildman–Crippen LogP) is 2.99. The van der Waals surface area contributed by atoms with E-state index in [0.717, 1.165) is 51.7 Å². The Labute approximate surface area is 113 Å². The SMILES string of the molecule is CCCNC(CCOCCC)CC1CCOCC1. The van der Waals surface area contributed by atoms with Crippen molar-refractivity contribution in [1.82, 2.24) is 5.32 Å². The molecule has 1 atom stereocenters. The molecule has 1 fully saturated rings. The maximum Gasteiger partial charge on any atom is 0.0480 e. The topological polar surface area (TPSA) is 30.5 Å². The van der Waals surface area contributed by atoms with Gasteiger partial charge in [0.05, 0.1) is 0 Å². The van der Waals surface area contributed by atoms with Gasteiger partial charge >= 0.3 is 0 Å². The van der Waals surface area contributed by atoms with E-state index in [4.69, 9.17) is 9.47 Å². The molecule has 3 nitrogen and oxygen atoms in total. The summed E-state index contributed by atoms with van der Waals surface area (Å²) in [6.45, 7) is 9.23. The van der Waals surface area contributed by atoms with Crippen LogP contribution in [0, 0.1) is 5.92 Å². The number of hydrogen-bond acceptors (Lipinski definition) is 3. The van der Waals surface area contributed by atoms with E-state index in [9.17, 15) is 0 Å². The van der Waals surface area contributed by atoms with Gasteiger partial charge in [-0.3, -0.25) is 0 Å². The van der Waals surface area contributed by atoms with Gasteiger partial charge in [-0.05, 0) is 51.0 Å². The third kappa shape index (κ3) is 7.34. The van der Waals surface area contributed by atoms with Gasteiger partial charge in [-0.15, -0.1) is 0 Å². The van der Waals surface area contributed by atoms with E-state index in [0.29, 0.717) is 6.04 Å². The van der Waals surface area contributed by atoms with Crippen molar-refractivity contribution in [3.63, 3.8) is 0 Å².